The van der Waals surface area contributed by atoms with Crippen LogP contribution in [-0.2, 0) is 6.54 Å². The predicted molar refractivity (Wildman–Crippen MR) is 121 cm³/mol. The zero-order valence-corrected chi connectivity index (χ0v) is 17.4. The van der Waals surface area contributed by atoms with Gasteiger partial charge in [0.15, 0.2) is 5.84 Å². The average Bonchev–Trinajstić information content (AvgIpc) is 2.84. The van der Waals surface area contributed by atoms with Gasteiger partial charge in [-0.15, -0.1) is 0 Å². The zero-order chi connectivity index (χ0) is 20.3. The lowest BCUT2D eigenvalue weighted by atomic mass is 9.90. The quantitative estimate of drug-likeness (QED) is 0.591. The lowest BCUT2D eigenvalue weighted by molar-refractivity contribution is 0.0126. The monoisotopic (exact) mass is 397 g/mol. The summed E-state index contributed by atoms with van der Waals surface area (Å²) in [5.41, 5.74) is 4.95. The topological polar surface area (TPSA) is 28.1 Å². The molecule has 0 aliphatic carbocycles. The maximum Gasteiger partial charge on any atom is 0.151 e. The molecule has 1 fully saturated rings. The number of hydrogen-bond acceptors (Lipinski definition) is 4. The van der Waals surface area contributed by atoms with Crippen LogP contribution in [0.1, 0.15) is 35.4 Å². The van der Waals surface area contributed by atoms with E-state index in [1.54, 1.807) is 7.11 Å². The first-order valence-electron chi connectivity index (χ1n) is 10.7. The number of rotatable bonds is 4. The Hall–Kier alpha value is -3.11. The minimum Gasteiger partial charge on any atom is -0.497 e. The average molecular weight is 398 g/mol. The molecular formula is C26H27N3O. The molecule has 4 heteroatoms. The standard InChI is InChI=1S/C26H27N3O/c1-30-24-13-11-20(12-14-24)21-15-17-28(18-16-21)29-19-23-9-5-6-10-25(23)27-26(29)22-7-3-2-4-8-22/h2-14,21H,15-19H2,1H3. The van der Waals surface area contributed by atoms with Crippen LogP contribution in [0.15, 0.2) is 83.9 Å². The second kappa shape index (κ2) is 8.33. The number of nitrogens with zero attached hydrogens (tertiary/aromatic N) is 3. The molecule has 3 aromatic rings. The molecule has 0 N–H and O–H groups in total. The minimum atomic E-state index is 0.598. The highest BCUT2D eigenvalue weighted by Crippen LogP contribution is 2.33. The van der Waals surface area contributed by atoms with Crippen molar-refractivity contribution < 1.29 is 4.74 Å². The lowest BCUT2D eigenvalue weighted by Gasteiger charge is -2.43. The molecule has 0 amide bonds. The van der Waals surface area contributed by atoms with Crippen LogP contribution in [0.25, 0.3) is 0 Å². The van der Waals surface area contributed by atoms with Gasteiger partial charge in [-0.05, 0) is 48.1 Å². The number of aliphatic imine (C=N–C) groups is 1. The maximum atomic E-state index is 5.31. The molecule has 3 aromatic carbocycles. The van der Waals surface area contributed by atoms with E-state index in [1.807, 2.05) is 0 Å². The summed E-state index contributed by atoms with van der Waals surface area (Å²) in [5, 5.41) is 4.88. The molecule has 152 valence electrons. The summed E-state index contributed by atoms with van der Waals surface area (Å²) in [6, 6.07) is 27.6. The van der Waals surface area contributed by atoms with Crippen molar-refractivity contribution in [1.29, 1.82) is 0 Å². The second-order valence-corrected chi connectivity index (χ2v) is 7.99. The molecule has 0 saturated carbocycles. The van der Waals surface area contributed by atoms with Crippen LogP contribution in [0.3, 0.4) is 0 Å². The predicted octanol–water partition coefficient (Wildman–Crippen LogP) is 5.38. The van der Waals surface area contributed by atoms with Gasteiger partial charge in [0, 0.05) is 18.7 Å². The first-order valence-corrected chi connectivity index (χ1v) is 10.7. The number of benzene rings is 3. The Morgan fingerprint density at radius 1 is 0.833 bits per heavy atom. The van der Waals surface area contributed by atoms with Gasteiger partial charge >= 0.3 is 0 Å². The fraction of sp³-hybridized carbons (Fsp3) is 0.269. The summed E-state index contributed by atoms with van der Waals surface area (Å²) in [5.74, 6) is 2.57. The molecular weight excluding hydrogens is 370 g/mol. The van der Waals surface area contributed by atoms with Crippen molar-refractivity contribution in [1.82, 2.24) is 10.0 Å². The maximum absolute atomic E-state index is 5.31. The van der Waals surface area contributed by atoms with E-state index in [9.17, 15) is 0 Å². The Balaban J connectivity index is 1.37. The second-order valence-electron chi connectivity index (χ2n) is 7.99. The van der Waals surface area contributed by atoms with Crippen LogP contribution in [0.2, 0.25) is 0 Å². The van der Waals surface area contributed by atoms with E-state index in [0.29, 0.717) is 5.92 Å². The Morgan fingerprint density at radius 3 is 2.27 bits per heavy atom. The number of methoxy groups -OCH3 is 1. The number of piperidine rings is 1. The molecule has 0 bridgehead atoms. The van der Waals surface area contributed by atoms with E-state index >= 15 is 0 Å². The van der Waals surface area contributed by atoms with E-state index in [-0.39, 0.29) is 0 Å². The number of hydrazine groups is 1. The minimum absolute atomic E-state index is 0.598. The van der Waals surface area contributed by atoms with E-state index in [4.69, 9.17) is 9.73 Å². The highest BCUT2D eigenvalue weighted by atomic mass is 16.5. The van der Waals surface area contributed by atoms with Crippen LogP contribution >= 0.6 is 0 Å². The number of fused-ring (bicyclic) bond motifs is 1. The van der Waals surface area contributed by atoms with E-state index < -0.39 is 0 Å². The molecule has 2 heterocycles. The zero-order valence-electron chi connectivity index (χ0n) is 17.4. The van der Waals surface area contributed by atoms with Gasteiger partial charge in [0.05, 0.1) is 19.3 Å². The Kier molecular flexibility index (Phi) is 5.24. The molecule has 0 atom stereocenters. The van der Waals surface area contributed by atoms with Gasteiger partial charge in [-0.1, -0.05) is 60.7 Å². The Bertz CT molecular complexity index is 1020. The van der Waals surface area contributed by atoms with Crippen molar-refractivity contribution >= 4 is 11.5 Å². The molecule has 4 nitrogen and oxygen atoms in total. The van der Waals surface area contributed by atoms with Crippen LogP contribution in [0.4, 0.5) is 5.69 Å². The van der Waals surface area contributed by atoms with Crippen molar-refractivity contribution in [3.05, 3.63) is 95.6 Å². The molecule has 1 saturated heterocycles. The Labute approximate surface area is 178 Å². The number of ether oxygens (including phenoxy) is 1. The van der Waals surface area contributed by atoms with Gasteiger partial charge in [-0.25, -0.2) is 10.0 Å². The van der Waals surface area contributed by atoms with Crippen molar-refractivity contribution in [2.45, 2.75) is 25.3 Å². The molecule has 30 heavy (non-hydrogen) atoms. The summed E-state index contributed by atoms with van der Waals surface area (Å²) in [6.07, 6.45) is 2.29. The van der Waals surface area contributed by atoms with Crippen LogP contribution in [0, 0.1) is 0 Å². The van der Waals surface area contributed by atoms with Gasteiger partial charge in [-0.3, -0.25) is 5.01 Å². The molecule has 0 aromatic heterocycles. The van der Waals surface area contributed by atoms with Crippen molar-refractivity contribution in [3.63, 3.8) is 0 Å². The van der Waals surface area contributed by atoms with Gasteiger partial charge in [-0.2, -0.15) is 0 Å². The lowest BCUT2D eigenvalue weighted by Crippen LogP contribution is -2.50. The van der Waals surface area contributed by atoms with E-state index in [1.165, 1.54) is 16.7 Å². The number of amidine groups is 1. The number of para-hydroxylation sites is 1. The van der Waals surface area contributed by atoms with Crippen LogP contribution in [0.5, 0.6) is 5.75 Å². The summed E-state index contributed by atoms with van der Waals surface area (Å²) in [4.78, 5) is 5.06. The van der Waals surface area contributed by atoms with Gasteiger partial charge < -0.3 is 4.74 Å². The SMILES string of the molecule is COc1ccc(C2CCN(N3Cc4ccccc4N=C3c3ccccc3)CC2)cc1. The smallest absolute Gasteiger partial charge is 0.151 e. The molecule has 5 rings (SSSR count). The molecule has 0 unspecified atom stereocenters. The van der Waals surface area contributed by atoms with Crippen molar-refractivity contribution in [2.24, 2.45) is 4.99 Å². The molecule has 0 radical (unpaired) electrons. The third-order valence-corrected chi connectivity index (χ3v) is 6.21. The normalized spacial score (nSPS) is 17.4. The summed E-state index contributed by atoms with van der Waals surface area (Å²) in [6.45, 7) is 2.94. The fourth-order valence-corrected chi connectivity index (χ4v) is 4.51. The van der Waals surface area contributed by atoms with E-state index in [2.05, 4.69) is 88.9 Å². The molecule has 2 aliphatic heterocycles. The van der Waals surface area contributed by atoms with Gasteiger partial charge in [0.2, 0.25) is 0 Å². The highest BCUT2D eigenvalue weighted by molar-refractivity contribution is 6.01. The molecule has 0 spiro atoms. The summed E-state index contributed by atoms with van der Waals surface area (Å²) >= 11 is 0. The van der Waals surface area contributed by atoms with Gasteiger partial charge in [0.25, 0.3) is 0 Å². The molecule has 2 aliphatic rings. The number of hydrogen-bond donors (Lipinski definition) is 0. The van der Waals surface area contributed by atoms with Gasteiger partial charge in [0.1, 0.15) is 5.75 Å². The highest BCUT2D eigenvalue weighted by Gasteiger charge is 2.29. The van der Waals surface area contributed by atoms with Crippen molar-refractivity contribution in [2.75, 3.05) is 20.2 Å². The summed E-state index contributed by atoms with van der Waals surface area (Å²) < 4.78 is 5.31. The first-order chi connectivity index (χ1) is 14.8. The van der Waals surface area contributed by atoms with Crippen LogP contribution < -0.4 is 4.74 Å². The van der Waals surface area contributed by atoms with Crippen molar-refractivity contribution in [3.8, 4) is 5.75 Å². The first kappa shape index (κ1) is 18.9. The fourth-order valence-electron chi connectivity index (χ4n) is 4.51. The third kappa shape index (κ3) is 3.71. The summed E-state index contributed by atoms with van der Waals surface area (Å²) in [7, 11) is 1.72. The van der Waals surface area contributed by atoms with Crippen LogP contribution in [-0.4, -0.2) is 36.1 Å². The van der Waals surface area contributed by atoms with E-state index in [0.717, 1.165) is 49.7 Å². The Morgan fingerprint density at radius 2 is 1.53 bits per heavy atom. The largest absolute Gasteiger partial charge is 0.497 e. The third-order valence-electron chi connectivity index (χ3n) is 6.21.